The molecule has 0 aromatic carbocycles. The third-order valence-electron chi connectivity index (χ3n) is 3.59. The largest absolute Gasteiger partial charge is 0.488 e. The van der Waals surface area contributed by atoms with Crippen molar-refractivity contribution in [3.05, 3.63) is 34.7 Å². The molecule has 1 aliphatic heterocycles. The highest BCUT2D eigenvalue weighted by Crippen LogP contribution is 2.29. The molecule has 0 aliphatic carbocycles. The van der Waals surface area contributed by atoms with Crippen LogP contribution in [-0.4, -0.2) is 40.4 Å². The second-order valence-corrected chi connectivity index (χ2v) is 6.77. The Balaban J connectivity index is 1.71. The molecule has 0 bridgehead atoms. The van der Waals surface area contributed by atoms with Crippen LogP contribution in [0.3, 0.4) is 0 Å². The molecule has 1 fully saturated rings. The number of aryl methyl sites for hydroxylation is 1. The first-order valence-corrected chi connectivity index (χ1v) is 9.08. The van der Waals surface area contributed by atoms with Gasteiger partial charge in [0.25, 0.3) is 0 Å². The highest BCUT2D eigenvalue weighted by atomic mass is 79.9. The third-order valence-corrected chi connectivity index (χ3v) is 4.71. The maximum atomic E-state index is 6.11. The van der Waals surface area contributed by atoms with E-state index in [-0.39, 0.29) is 6.10 Å². The maximum absolute atomic E-state index is 6.11. The Morgan fingerprint density at radius 2 is 2.27 bits per heavy atom. The van der Waals surface area contributed by atoms with Crippen LogP contribution in [0.2, 0.25) is 0 Å². The second kappa shape index (κ2) is 6.83. The van der Waals surface area contributed by atoms with Crippen molar-refractivity contribution in [1.82, 2.24) is 15.0 Å². The quantitative estimate of drug-likeness (QED) is 0.598. The van der Waals surface area contributed by atoms with Crippen molar-refractivity contribution in [1.29, 1.82) is 0 Å². The van der Waals surface area contributed by atoms with Gasteiger partial charge >= 0.3 is 0 Å². The predicted molar refractivity (Wildman–Crippen MR) is 91.7 cm³/mol. The molecular formula is C15H17BrN4OS. The van der Waals surface area contributed by atoms with Crippen LogP contribution < -0.4 is 9.64 Å². The van der Waals surface area contributed by atoms with Gasteiger partial charge in [0.05, 0.1) is 11.0 Å². The van der Waals surface area contributed by atoms with Gasteiger partial charge in [-0.05, 0) is 35.2 Å². The number of pyridine rings is 1. The average molecular weight is 381 g/mol. The summed E-state index contributed by atoms with van der Waals surface area (Å²) >= 11 is 5.09. The molecule has 3 heterocycles. The summed E-state index contributed by atoms with van der Waals surface area (Å²) < 4.78 is 7.03. The minimum atomic E-state index is 0.167. The SMILES string of the molecule is CSc1ncc(Br)c(N2CCC(Oc3ccncc3C)C2)n1. The first kappa shape index (κ1) is 15.6. The van der Waals surface area contributed by atoms with Crippen LogP contribution in [0.25, 0.3) is 0 Å². The number of hydrogen-bond donors (Lipinski definition) is 0. The molecule has 7 heteroatoms. The van der Waals surface area contributed by atoms with Gasteiger partial charge in [0.2, 0.25) is 0 Å². The lowest BCUT2D eigenvalue weighted by Crippen LogP contribution is -2.26. The normalized spacial score (nSPS) is 17.8. The van der Waals surface area contributed by atoms with Crippen molar-refractivity contribution in [2.45, 2.75) is 24.6 Å². The Bertz CT molecular complexity index is 670. The van der Waals surface area contributed by atoms with Crippen molar-refractivity contribution < 1.29 is 4.74 Å². The maximum Gasteiger partial charge on any atom is 0.189 e. The van der Waals surface area contributed by atoms with Gasteiger partial charge in [0.1, 0.15) is 17.7 Å². The lowest BCUT2D eigenvalue weighted by molar-refractivity contribution is 0.223. The van der Waals surface area contributed by atoms with E-state index in [4.69, 9.17) is 4.74 Å². The minimum Gasteiger partial charge on any atom is -0.488 e. The van der Waals surface area contributed by atoms with E-state index in [0.717, 1.165) is 46.3 Å². The summed E-state index contributed by atoms with van der Waals surface area (Å²) in [5, 5.41) is 0.785. The van der Waals surface area contributed by atoms with Crippen LogP contribution in [0, 0.1) is 6.92 Å². The number of rotatable bonds is 4. The number of nitrogens with zero attached hydrogens (tertiary/aromatic N) is 4. The van der Waals surface area contributed by atoms with E-state index < -0.39 is 0 Å². The molecule has 1 saturated heterocycles. The van der Waals surface area contributed by atoms with Crippen molar-refractivity contribution in [2.24, 2.45) is 0 Å². The molecule has 22 heavy (non-hydrogen) atoms. The first-order valence-electron chi connectivity index (χ1n) is 7.06. The van der Waals surface area contributed by atoms with Gasteiger partial charge in [-0.25, -0.2) is 9.97 Å². The lowest BCUT2D eigenvalue weighted by atomic mass is 10.2. The number of aromatic nitrogens is 3. The van der Waals surface area contributed by atoms with Gasteiger partial charge in [-0.15, -0.1) is 0 Å². The monoisotopic (exact) mass is 380 g/mol. The molecule has 0 saturated carbocycles. The minimum absolute atomic E-state index is 0.167. The van der Waals surface area contributed by atoms with E-state index in [9.17, 15) is 0 Å². The Kier molecular flexibility index (Phi) is 4.83. The first-order chi connectivity index (χ1) is 10.7. The van der Waals surface area contributed by atoms with Crippen molar-refractivity contribution in [2.75, 3.05) is 24.2 Å². The molecule has 116 valence electrons. The van der Waals surface area contributed by atoms with E-state index in [1.807, 2.05) is 31.6 Å². The standard InChI is InChI=1S/C15H17BrN4OS/c1-10-7-17-5-3-13(10)21-11-4-6-20(9-11)14-12(16)8-18-15(19-14)22-2/h3,5,7-8,11H,4,6,9H2,1-2H3. The van der Waals surface area contributed by atoms with Crippen molar-refractivity contribution >= 4 is 33.5 Å². The predicted octanol–water partition coefficient (Wildman–Crippen LogP) is 3.32. The van der Waals surface area contributed by atoms with Crippen LogP contribution in [0.5, 0.6) is 5.75 Å². The number of ether oxygens (including phenoxy) is 1. The highest BCUT2D eigenvalue weighted by Gasteiger charge is 2.27. The topological polar surface area (TPSA) is 51.1 Å². The number of halogens is 1. The molecule has 2 aromatic heterocycles. The Labute approximate surface area is 142 Å². The van der Waals surface area contributed by atoms with Gasteiger partial charge in [0.15, 0.2) is 5.16 Å². The molecule has 1 aliphatic rings. The summed E-state index contributed by atoms with van der Waals surface area (Å²) in [6, 6.07) is 1.92. The molecule has 0 radical (unpaired) electrons. The molecule has 0 amide bonds. The number of hydrogen-bond acceptors (Lipinski definition) is 6. The van der Waals surface area contributed by atoms with Gasteiger partial charge in [-0.1, -0.05) is 11.8 Å². The van der Waals surface area contributed by atoms with E-state index >= 15 is 0 Å². The van der Waals surface area contributed by atoms with Crippen LogP contribution in [0.1, 0.15) is 12.0 Å². The Morgan fingerprint density at radius 3 is 3.05 bits per heavy atom. The summed E-state index contributed by atoms with van der Waals surface area (Å²) in [7, 11) is 0. The van der Waals surface area contributed by atoms with E-state index in [1.54, 1.807) is 18.0 Å². The summed E-state index contributed by atoms with van der Waals surface area (Å²) in [5.74, 6) is 1.85. The van der Waals surface area contributed by atoms with Gasteiger partial charge < -0.3 is 9.64 Å². The molecule has 1 unspecified atom stereocenters. The fourth-order valence-electron chi connectivity index (χ4n) is 2.45. The molecular weight excluding hydrogens is 364 g/mol. The molecule has 0 spiro atoms. The molecule has 0 N–H and O–H groups in total. The molecule has 2 aromatic rings. The fourth-order valence-corrected chi connectivity index (χ4v) is 3.23. The van der Waals surface area contributed by atoms with Crippen LogP contribution >= 0.6 is 27.7 Å². The summed E-state index contributed by atoms with van der Waals surface area (Å²) in [6.07, 6.45) is 8.53. The van der Waals surface area contributed by atoms with Gasteiger partial charge in [-0.3, -0.25) is 4.98 Å². The number of thioether (sulfide) groups is 1. The zero-order chi connectivity index (χ0) is 15.5. The van der Waals surface area contributed by atoms with Gasteiger partial charge in [0, 0.05) is 37.1 Å². The zero-order valence-corrected chi connectivity index (χ0v) is 14.9. The van der Waals surface area contributed by atoms with Crippen LogP contribution in [0.4, 0.5) is 5.82 Å². The molecule has 3 rings (SSSR count). The summed E-state index contributed by atoms with van der Waals surface area (Å²) in [5.41, 5.74) is 1.06. The fraction of sp³-hybridized carbons (Fsp3) is 0.400. The van der Waals surface area contributed by atoms with Crippen molar-refractivity contribution in [3.63, 3.8) is 0 Å². The smallest absolute Gasteiger partial charge is 0.189 e. The second-order valence-electron chi connectivity index (χ2n) is 5.14. The number of anilines is 1. The lowest BCUT2D eigenvalue weighted by Gasteiger charge is -2.20. The van der Waals surface area contributed by atoms with E-state index in [1.165, 1.54) is 0 Å². The molecule has 1 atom stereocenters. The van der Waals surface area contributed by atoms with Gasteiger partial charge in [-0.2, -0.15) is 0 Å². The van der Waals surface area contributed by atoms with E-state index in [0.29, 0.717) is 0 Å². The van der Waals surface area contributed by atoms with Crippen LogP contribution in [0.15, 0.2) is 34.3 Å². The van der Waals surface area contributed by atoms with Crippen molar-refractivity contribution in [3.8, 4) is 5.75 Å². The zero-order valence-electron chi connectivity index (χ0n) is 12.5. The third kappa shape index (κ3) is 3.35. The highest BCUT2D eigenvalue weighted by molar-refractivity contribution is 9.10. The Morgan fingerprint density at radius 1 is 1.41 bits per heavy atom. The average Bonchev–Trinajstić information content (AvgIpc) is 2.98. The van der Waals surface area contributed by atoms with Crippen LogP contribution in [-0.2, 0) is 0 Å². The molecule has 5 nitrogen and oxygen atoms in total. The summed E-state index contributed by atoms with van der Waals surface area (Å²) in [4.78, 5) is 15.2. The Hall–Kier alpha value is -1.34. The summed E-state index contributed by atoms with van der Waals surface area (Å²) in [6.45, 7) is 3.77. The van der Waals surface area contributed by atoms with E-state index in [2.05, 4.69) is 35.8 Å².